The van der Waals surface area contributed by atoms with E-state index in [-0.39, 0.29) is 34.1 Å². The fraction of sp³-hybridized carbons (Fsp3) is 0.812. The number of ether oxygens (including phenoxy) is 4. The molecule has 216 valence electrons. The number of hydrogen-bond donors (Lipinski definition) is 1. The number of para-hydroxylation sites is 1. The number of benzene rings is 1. The zero-order valence-electron chi connectivity index (χ0n) is 26.6. The van der Waals surface area contributed by atoms with Crippen LogP contribution in [-0.2, 0) is 14.2 Å². The van der Waals surface area contributed by atoms with Crippen molar-refractivity contribution in [2.24, 2.45) is 22.0 Å². The largest absolute Gasteiger partial charge is 0.491 e. The highest BCUT2D eigenvalue weighted by molar-refractivity contribution is 5.20. The molecule has 0 spiro atoms. The van der Waals surface area contributed by atoms with Gasteiger partial charge in [0.05, 0.1) is 30.0 Å². The Morgan fingerprint density at radius 2 is 1.27 bits per heavy atom. The molecule has 0 saturated heterocycles. The topological polar surface area (TPSA) is 62.9 Å². The molecular formula is C32H59NO4. The van der Waals surface area contributed by atoms with E-state index in [1.54, 1.807) is 0 Å². The molecule has 0 aliphatic rings. The van der Waals surface area contributed by atoms with Gasteiger partial charge in [0.1, 0.15) is 18.1 Å². The van der Waals surface area contributed by atoms with Crippen molar-refractivity contribution in [2.45, 2.75) is 139 Å². The molecule has 5 heteroatoms. The van der Waals surface area contributed by atoms with Crippen LogP contribution < -0.4 is 10.5 Å². The summed E-state index contributed by atoms with van der Waals surface area (Å²) in [5.41, 5.74) is 4.81. The molecule has 0 saturated carbocycles. The molecule has 2 N–H and O–H groups in total. The average Bonchev–Trinajstić information content (AvgIpc) is 2.68. The third-order valence-electron chi connectivity index (χ3n) is 7.54. The molecule has 3 atom stereocenters. The van der Waals surface area contributed by atoms with Crippen molar-refractivity contribution >= 4 is 0 Å². The summed E-state index contributed by atoms with van der Waals surface area (Å²) in [4.78, 5) is 0. The molecule has 0 radical (unpaired) electrons. The maximum absolute atomic E-state index is 6.82. The van der Waals surface area contributed by atoms with Gasteiger partial charge in [-0.3, -0.25) is 0 Å². The van der Waals surface area contributed by atoms with Gasteiger partial charge < -0.3 is 24.7 Å². The minimum atomic E-state index is -0.836. The van der Waals surface area contributed by atoms with Crippen LogP contribution in [0.5, 0.6) is 5.75 Å². The van der Waals surface area contributed by atoms with Crippen molar-refractivity contribution in [1.29, 1.82) is 0 Å². The highest BCUT2D eigenvalue weighted by Crippen LogP contribution is 2.41. The SMILES string of the molecule is CC(CC(C)(C)C(C)(N)OCC(C)(C)C(C)(C)OC(COc1ccccc1)CC(C)(C)C)OC(C)(C)C. The molecule has 0 amide bonds. The van der Waals surface area contributed by atoms with Crippen molar-refractivity contribution in [3.05, 3.63) is 30.3 Å². The lowest BCUT2D eigenvalue weighted by Gasteiger charge is -2.48. The number of rotatable bonds is 14. The van der Waals surface area contributed by atoms with Crippen LogP contribution in [0.15, 0.2) is 30.3 Å². The van der Waals surface area contributed by atoms with Crippen molar-refractivity contribution in [3.63, 3.8) is 0 Å². The molecule has 0 bridgehead atoms. The van der Waals surface area contributed by atoms with Gasteiger partial charge in [0, 0.05) is 10.8 Å². The molecule has 0 aromatic heterocycles. The van der Waals surface area contributed by atoms with Gasteiger partial charge in [-0.05, 0) is 78.9 Å². The van der Waals surface area contributed by atoms with E-state index >= 15 is 0 Å². The van der Waals surface area contributed by atoms with Crippen LogP contribution in [0.3, 0.4) is 0 Å². The van der Waals surface area contributed by atoms with Crippen LogP contribution in [0.4, 0.5) is 0 Å². The summed E-state index contributed by atoms with van der Waals surface area (Å²) in [5, 5.41) is 0. The van der Waals surface area contributed by atoms with Crippen molar-refractivity contribution in [2.75, 3.05) is 13.2 Å². The maximum atomic E-state index is 6.82. The van der Waals surface area contributed by atoms with E-state index in [1.165, 1.54) is 0 Å². The quantitative estimate of drug-likeness (QED) is 0.251. The van der Waals surface area contributed by atoms with Gasteiger partial charge in [-0.25, -0.2) is 0 Å². The Labute approximate surface area is 229 Å². The zero-order chi connectivity index (χ0) is 28.9. The van der Waals surface area contributed by atoms with Crippen molar-refractivity contribution in [3.8, 4) is 5.75 Å². The summed E-state index contributed by atoms with van der Waals surface area (Å²) in [7, 11) is 0. The Hall–Kier alpha value is -1.14. The third kappa shape index (κ3) is 11.6. The first-order chi connectivity index (χ1) is 16.5. The van der Waals surface area contributed by atoms with Gasteiger partial charge in [0.25, 0.3) is 0 Å². The first-order valence-electron chi connectivity index (χ1n) is 13.9. The van der Waals surface area contributed by atoms with E-state index in [4.69, 9.17) is 24.7 Å². The van der Waals surface area contributed by atoms with Gasteiger partial charge in [-0.15, -0.1) is 0 Å². The number of hydrogen-bond acceptors (Lipinski definition) is 5. The second-order valence-electron chi connectivity index (χ2n) is 15.0. The maximum Gasteiger partial charge on any atom is 0.119 e. The second kappa shape index (κ2) is 12.4. The predicted molar refractivity (Wildman–Crippen MR) is 156 cm³/mol. The Kier molecular flexibility index (Phi) is 11.3. The van der Waals surface area contributed by atoms with Gasteiger partial charge in [-0.2, -0.15) is 0 Å². The van der Waals surface area contributed by atoms with Gasteiger partial charge in [-0.1, -0.05) is 66.7 Å². The number of nitrogens with two attached hydrogens (primary N) is 1. The molecule has 0 heterocycles. The van der Waals surface area contributed by atoms with E-state index in [1.807, 2.05) is 37.3 Å². The van der Waals surface area contributed by atoms with Crippen LogP contribution in [-0.4, -0.2) is 42.3 Å². The lowest BCUT2D eigenvalue weighted by atomic mass is 9.75. The summed E-state index contributed by atoms with van der Waals surface area (Å²) < 4.78 is 25.6. The van der Waals surface area contributed by atoms with Gasteiger partial charge in [0.2, 0.25) is 0 Å². The average molecular weight is 522 g/mol. The second-order valence-corrected chi connectivity index (χ2v) is 15.0. The molecule has 0 fully saturated rings. The first-order valence-corrected chi connectivity index (χ1v) is 13.9. The highest BCUT2D eigenvalue weighted by Gasteiger charge is 2.45. The van der Waals surface area contributed by atoms with Crippen LogP contribution in [0, 0.1) is 16.2 Å². The molecule has 1 aromatic rings. The minimum Gasteiger partial charge on any atom is -0.491 e. The Balaban J connectivity index is 2.92. The molecule has 1 aromatic carbocycles. The third-order valence-corrected chi connectivity index (χ3v) is 7.54. The lowest BCUT2D eigenvalue weighted by Crippen LogP contribution is -2.57. The summed E-state index contributed by atoms with van der Waals surface area (Å²) in [6, 6.07) is 9.93. The smallest absolute Gasteiger partial charge is 0.119 e. The summed E-state index contributed by atoms with van der Waals surface area (Å²) in [5.74, 6) is 0.858. The Morgan fingerprint density at radius 1 is 0.730 bits per heavy atom. The van der Waals surface area contributed by atoms with E-state index < -0.39 is 11.3 Å². The fourth-order valence-electron chi connectivity index (χ4n) is 4.37. The van der Waals surface area contributed by atoms with Crippen LogP contribution in [0.1, 0.15) is 110 Å². The van der Waals surface area contributed by atoms with Gasteiger partial charge >= 0.3 is 0 Å². The van der Waals surface area contributed by atoms with E-state index in [0.29, 0.717) is 13.2 Å². The van der Waals surface area contributed by atoms with Crippen LogP contribution in [0.25, 0.3) is 0 Å². The van der Waals surface area contributed by atoms with Crippen LogP contribution in [0.2, 0.25) is 0 Å². The predicted octanol–water partition coefficient (Wildman–Crippen LogP) is 8.00. The van der Waals surface area contributed by atoms with Crippen LogP contribution >= 0.6 is 0 Å². The van der Waals surface area contributed by atoms with Crippen molar-refractivity contribution in [1.82, 2.24) is 0 Å². The molecule has 1 rings (SSSR count). The minimum absolute atomic E-state index is 0.0643. The zero-order valence-corrected chi connectivity index (χ0v) is 26.6. The van der Waals surface area contributed by atoms with E-state index in [0.717, 1.165) is 18.6 Å². The summed E-state index contributed by atoms with van der Waals surface area (Å²) in [6.07, 6.45) is 1.68. The highest BCUT2D eigenvalue weighted by atomic mass is 16.6. The lowest BCUT2D eigenvalue weighted by molar-refractivity contribution is -0.202. The molecule has 37 heavy (non-hydrogen) atoms. The first kappa shape index (κ1) is 33.9. The van der Waals surface area contributed by atoms with Gasteiger partial charge in [0.15, 0.2) is 0 Å². The molecule has 5 nitrogen and oxygen atoms in total. The monoisotopic (exact) mass is 521 g/mol. The van der Waals surface area contributed by atoms with E-state index in [9.17, 15) is 0 Å². The standard InChI is InChI=1S/C32H59NO4/c1-24(36-28(5,6)7)20-29(8,9)32(14,33)35-23-30(10,11)31(12,13)37-26(21-27(2,3)4)22-34-25-18-16-15-17-19-25/h15-19,24,26H,20-23,33H2,1-14H3. The fourth-order valence-corrected chi connectivity index (χ4v) is 4.37. The van der Waals surface area contributed by atoms with E-state index in [2.05, 4.69) is 90.0 Å². The summed E-state index contributed by atoms with van der Waals surface area (Å²) in [6.45, 7) is 31.0. The Morgan fingerprint density at radius 3 is 1.76 bits per heavy atom. The summed E-state index contributed by atoms with van der Waals surface area (Å²) >= 11 is 0. The molecular weight excluding hydrogens is 462 g/mol. The van der Waals surface area contributed by atoms with Crippen molar-refractivity contribution < 1.29 is 18.9 Å². The Bertz CT molecular complexity index is 800. The molecule has 0 aliphatic carbocycles. The molecule has 0 aliphatic heterocycles. The molecule has 3 unspecified atom stereocenters. The normalized spacial score (nSPS) is 17.3.